The third-order valence-corrected chi connectivity index (χ3v) is 7.16. The molecule has 4 bridgehead atoms. The Bertz CT molecular complexity index is 1160. The van der Waals surface area contributed by atoms with Crippen molar-refractivity contribution in [3.05, 3.63) is 59.2 Å². The Labute approximate surface area is 211 Å². The fourth-order valence-electron chi connectivity index (χ4n) is 4.83. The molecule has 36 heavy (non-hydrogen) atoms. The Balaban J connectivity index is 1.40. The normalized spacial score (nSPS) is 22.9. The number of benzene rings is 2. The zero-order valence-corrected chi connectivity index (χ0v) is 20.9. The molecule has 0 spiro atoms. The minimum absolute atomic E-state index is 0.0960. The first-order valence-electron chi connectivity index (χ1n) is 12.7. The molecule has 1 saturated heterocycles. The van der Waals surface area contributed by atoms with Crippen molar-refractivity contribution in [3.63, 3.8) is 0 Å². The monoisotopic (exact) mass is 491 g/mol. The lowest BCUT2D eigenvalue weighted by atomic mass is 10.0. The number of nitrogens with zero attached hydrogens (tertiary/aromatic N) is 2. The number of carbonyl (C=O) groups is 3. The van der Waals surface area contributed by atoms with Crippen LogP contribution in [0.3, 0.4) is 0 Å². The van der Waals surface area contributed by atoms with Gasteiger partial charge in [-0.1, -0.05) is 18.2 Å². The van der Waals surface area contributed by atoms with Crippen molar-refractivity contribution in [1.82, 2.24) is 15.1 Å². The number of hydrogen-bond donors (Lipinski definition) is 1. The predicted octanol–water partition coefficient (Wildman–Crippen LogP) is 3.28. The molecular formula is C28H33N3O5. The lowest BCUT2D eigenvalue weighted by molar-refractivity contribution is -0.137. The highest BCUT2D eigenvalue weighted by Crippen LogP contribution is 2.33. The van der Waals surface area contributed by atoms with Crippen LogP contribution in [0.25, 0.3) is 0 Å². The second-order valence-corrected chi connectivity index (χ2v) is 10.2. The van der Waals surface area contributed by atoms with Gasteiger partial charge in [0.05, 0.1) is 25.3 Å². The van der Waals surface area contributed by atoms with Crippen LogP contribution >= 0.6 is 0 Å². The molecule has 2 aromatic carbocycles. The van der Waals surface area contributed by atoms with Crippen molar-refractivity contribution in [1.29, 1.82) is 0 Å². The summed E-state index contributed by atoms with van der Waals surface area (Å²) in [5.74, 6) is 1.35. The third-order valence-electron chi connectivity index (χ3n) is 7.16. The molecule has 3 aliphatic rings. The van der Waals surface area contributed by atoms with Gasteiger partial charge in [-0.15, -0.1) is 0 Å². The molecule has 1 aliphatic carbocycles. The second kappa shape index (κ2) is 10.3. The Hall–Kier alpha value is -3.39. The van der Waals surface area contributed by atoms with Gasteiger partial charge in [-0.05, 0) is 67.5 Å². The highest BCUT2D eigenvalue weighted by atomic mass is 16.5. The largest absolute Gasteiger partial charge is 0.457 e. The van der Waals surface area contributed by atoms with Gasteiger partial charge in [-0.3, -0.25) is 14.4 Å². The van der Waals surface area contributed by atoms with E-state index in [0.29, 0.717) is 55.5 Å². The van der Waals surface area contributed by atoms with E-state index in [0.717, 1.165) is 24.0 Å². The molecular weight excluding hydrogens is 458 g/mol. The van der Waals surface area contributed by atoms with Crippen LogP contribution in [0.1, 0.15) is 47.2 Å². The molecule has 0 aromatic heterocycles. The molecule has 2 fully saturated rings. The van der Waals surface area contributed by atoms with E-state index in [9.17, 15) is 14.4 Å². The zero-order chi connectivity index (χ0) is 25.2. The van der Waals surface area contributed by atoms with Gasteiger partial charge in [-0.25, -0.2) is 0 Å². The Morgan fingerprint density at radius 2 is 1.94 bits per heavy atom. The van der Waals surface area contributed by atoms with E-state index in [1.54, 1.807) is 19.2 Å². The maximum atomic E-state index is 13.1. The molecule has 8 heteroatoms. The van der Waals surface area contributed by atoms with Crippen LogP contribution in [-0.4, -0.2) is 66.3 Å². The molecule has 0 unspecified atom stereocenters. The quantitative estimate of drug-likeness (QED) is 0.697. The minimum atomic E-state index is -0.351. The van der Waals surface area contributed by atoms with Gasteiger partial charge < -0.3 is 24.6 Å². The number of rotatable bonds is 2. The zero-order valence-electron chi connectivity index (χ0n) is 20.9. The van der Waals surface area contributed by atoms with Gasteiger partial charge in [0, 0.05) is 32.1 Å². The first-order valence-corrected chi connectivity index (χ1v) is 12.7. The molecule has 2 atom stereocenters. The Morgan fingerprint density at radius 1 is 1.11 bits per heavy atom. The predicted molar refractivity (Wildman–Crippen MR) is 134 cm³/mol. The number of carbonyl (C=O) groups excluding carboxylic acids is 3. The number of ether oxygens (including phenoxy) is 2. The lowest BCUT2D eigenvalue weighted by Gasteiger charge is -2.39. The number of aryl methyl sites for hydroxylation is 1. The highest BCUT2D eigenvalue weighted by molar-refractivity contribution is 5.96. The average molecular weight is 492 g/mol. The van der Waals surface area contributed by atoms with Crippen LogP contribution in [0.5, 0.6) is 11.5 Å². The average Bonchev–Trinajstić information content (AvgIpc) is 3.67. The maximum absolute atomic E-state index is 13.1. The summed E-state index contributed by atoms with van der Waals surface area (Å²) >= 11 is 0. The number of likely N-dealkylation sites (tertiary alicyclic amines) is 1. The number of likely N-dealkylation sites (N-methyl/N-ethyl adjacent to an activating group) is 1. The van der Waals surface area contributed by atoms with Gasteiger partial charge in [0.2, 0.25) is 11.8 Å². The Kier molecular flexibility index (Phi) is 6.96. The van der Waals surface area contributed by atoms with Crippen molar-refractivity contribution in [3.8, 4) is 11.5 Å². The van der Waals surface area contributed by atoms with Crippen molar-refractivity contribution < 1.29 is 23.9 Å². The number of nitrogens with one attached hydrogen (secondary N) is 1. The van der Waals surface area contributed by atoms with E-state index in [1.165, 1.54) is 4.90 Å². The highest BCUT2D eigenvalue weighted by Gasteiger charge is 2.35. The fraction of sp³-hybridized carbons (Fsp3) is 0.464. The molecule has 190 valence electrons. The fourth-order valence-corrected chi connectivity index (χ4v) is 4.83. The summed E-state index contributed by atoms with van der Waals surface area (Å²) in [5, 5.41) is 3.05. The van der Waals surface area contributed by atoms with Gasteiger partial charge in [-0.2, -0.15) is 0 Å². The van der Waals surface area contributed by atoms with Crippen molar-refractivity contribution in [2.24, 2.45) is 5.92 Å². The second-order valence-electron chi connectivity index (χ2n) is 10.2. The van der Waals surface area contributed by atoms with E-state index < -0.39 is 0 Å². The van der Waals surface area contributed by atoms with E-state index in [-0.39, 0.29) is 36.4 Å². The van der Waals surface area contributed by atoms with Crippen LogP contribution in [0, 0.1) is 12.8 Å². The minimum Gasteiger partial charge on any atom is -0.457 e. The summed E-state index contributed by atoms with van der Waals surface area (Å²) in [6.45, 7) is 3.21. The molecule has 3 amide bonds. The number of piperidine rings is 1. The summed E-state index contributed by atoms with van der Waals surface area (Å²) in [6.07, 6.45) is 3.21. The van der Waals surface area contributed by atoms with Gasteiger partial charge in [0.1, 0.15) is 11.5 Å². The van der Waals surface area contributed by atoms with Crippen molar-refractivity contribution in [2.45, 2.75) is 51.4 Å². The smallest absolute Gasteiger partial charge is 0.254 e. The maximum Gasteiger partial charge on any atom is 0.254 e. The molecule has 5 rings (SSSR count). The first kappa shape index (κ1) is 24.3. The van der Waals surface area contributed by atoms with E-state index in [2.05, 4.69) is 5.32 Å². The van der Waals surface area contributed by atoms with Gasteiger partial charge in [0.25, 0.3) is 5.91 Å². The van der Waals surface area contributed by atoms with Gasteiger partial charge >= 0.3 is 0 Å². The summed E-state index contributed by atoms with van der Waals surface area (Å²) < 4.78 is 12.4. The SMILES string of the molecule is Cc1ccc2cc1Oc1cccc(c1)CO[C@@H]1CCN(C(=O)CC3CC3)C[C@@H]1NC(=O)CN(C)C2=O. The Morgan fingerprint density at radius 3 is 2.75 bits per heavy atom. The van der Waals surface area contributed by atoms with E-state index in [1.807, 2.05) is 42.2 Å². The standard InChI is InChI=1S/C28H33N3O5/c1-18-6-9-21-14-25(18)36-22-5-3-4-20(12-22)17-35-24-10-11-31(27(33)13-19-7-8-19)15-23(24)29-26(32)16-30(2)28(21)34/h3-6,9,12,14,19,23-24H,7-8,10-11,13,15-17H2,1-2H3,(H,29,32)/t23-,24+/m0/s1. The third kappa shape index (κ3) is 5.70. The lowest BCUT2D eigenvalue weighted by Crippen LogP contribution is -2.58. The number of amides is 3. The summed E-state index contributed by atoms with van der Waals surface area (Å²) in [4.78, 5) is 42.1. The van der Waals surface area contributed by atoms with Crippen LogP contribution < -0.4 is 10.1 Å². The van der Waals surface area contributed by atoms with Crippen LogP contribution in [-0.2, 0) is 20.9 Å². The summed E-state index contributed by atoms with van der Waals surface area (Å²) in [5.41, 5.74) is 2.30. The summed E-state index contributed by atoms with van der Waals surface area (Å²) in [6, 6.07) is 12.6. The molecule has 1 N–H and O–H groups in total. The molecule has 0 radical (unpaired) electrons. The van der Waals surface area contributed by atoms with Crippen LogP contribution in [0.2, 0.25) is 0 Å². The van der Waals surface area contributed by atoms with E-state index >= 15 is 0 Å². The summed E-state index contributed by atoms with van der Waals surface area (Å²) in [7, 11) is 1.61. The topological polar surface area (TPSA) is 88.2 Å². The molecule has 8 nitrogen and oxygen atoms in total. The van der Waals surface area contributed by atoms with Crippen molar-refractivity contribution in [2.75, 3.05) is 26.7 Å². The molecule has 2 aromatic rings. The van der Waals surface area contributed by atoms with Crippen LogP contribution in [0.15, 0.2) is 42.5 Å². The molecule has 2 heterocycles. The number of fused-ring (bicyclic) bond motifs is 5. The molecule has 2 aliphatic heterocycles. The van der Waals surface area contributed by atoms with Crippen LogP contribution in [0.4, 0.5) is 0 Å². The van der Waals surface area contributed by atoms with Crippen molar-refractivity contribution >= 4 is 17.7 Å². The van der Waals surface area contributed by atoms with E-state index in [4.69, 9.17) is 9.47 Å². The van der Waals surface area contributed by atoms with Gasteiger partial charge in [0.15, 0.2) is 0 Å². The molecule has 1 saturated carbocycles. The number of hydrogen-bond acceptors (Lipinski definition) is 5. The first-order chi connectivity index (χ1) is 17.4.